The number of carbonyl (C=O) groups excluding carboxylic acids is 2. The molecular weight excluding hydrogens is 382 g/mol. The number of ether oxygens (including phenoxy) is 1. The molecule has 8 nitrogen and oxygen atoms in total. The molecule has 154 valence electrons. The topological polar surface area (TPSA) is 87.2 Å². The standard InChI is InChI=1S/C19H27N3O5S/c1-20(2)28(25,26)16-9-7-15(8-10-16)27-14-13-22-17(23)19(21(3)18(22)24)11-5-4-6-12-19/h7-10H,4-6,11-14H2,1-3H3. The molecule has 28 heavy (non-hydrogen) atoms. The number of imide groups is 1. The Hall–Kier alpha value is -2.13. The molecular formula is C19H27N3O5S. The van der Waals surface area contributed by atoms with Gasteiger partial charge in [-0.05, 0) is 37.1 Å². The third kappa shape index (κ3) is 3.48. The highest BCUT2D eigenvalue weighted by Gasteiger charge is 2.55. The molecule has 1 aromatic rings. The average Bonchev–Trinajstić information content (AvgIpc) is 2.85. The Bertz CT molecular complexity index is 845. The second kappa shape index (κ2) is 7.71. The zero-order valence-electron chi connectivity index (χ0n) is 16.6. The lowest BCUT2D eigenvalue weighted by molar-refractivity contribution is -0.134. The van der Waals surface area contributed by atoms with E-state index >= 15 is 0 Å². The molecule has 3 amide bonds. The first-order valence-electron chi connectivity index (χ1n) is 9.45. The first kappa shape index (κ1) is 20.6. The van der Waals surface area contributed by atoms with Gasteiger partial charge in [0.05, 0.1) is 11.4 Å². The molecule has 1 saturated heterocycles. The van der Waals surface area contributed by atoms with Gasteiger partial charge in [-0.15, -0.1) is 0 Å². The summed E-state index contributed by atoms with van der Waals surface area (Å²) >= 11 is 0. The van der Waals surface area contributed by atoms with E-state index in [4.69, 9.17) is 4.74 Å². The fourth-order valence-corrected chi connectivity index (χ4v) is 4.80. The molecule has 2 fully saturated rings. The van der Waals surface area contributed by atoms with Gasteiger partial charge in [-0.3, -0.25) is 9.69 Å². The van der Waals surface area contributed by atoms with Crippen LogP contribution in [-0.4, -0.2) is 74.3 Å². The van der Waals surface area contributed by atoms with Gasteiger partial charge in [-0.25, -0.2) is 17.5 Å². The van der Waals surface area contributed by atoms with E-state index in [0.29, 0.717) is 18.6 Å². The Balaban J connectivity index is 1.61. The highest BCUT2D eigenvalue weighted by atomic mass is 32.2. The van der Waals surface area contributed by atoms with Crippen LogP contribution in [0.5, 0.6) is 5.75 Å². The van der Waals surface area contributed by atoms with Gasteiger partial charge in [-0.1, -0.05) is 19.3 Å². The van der Waals surface area contributed by atoms with Gasteiger partial charge in [0.2, 0.25) is 10.0 Å². The second-order valence-corrected chi connectivity index (χ2v) is 9.65. The monoisotopic (exact) mass is 409 g/mol. The number of likely N-dealkylation sites (N-methyl/N-ethyl adjacent to an activating group) is 1. The van der Waals surface area contributed by atoms with E-state index in [1.165, 1.54) is 31.1 Å². The number of rotatable bonds is 6. The third-order valence-corrected chi connectivity index (χ3v) is 7.50. The fourth-order valence-electron chi connectivity index (χ4n) is 3.90. The molecule has 2 aliphatic rings. The molecule has 1 aliphatic heterocycles. The lowest BCUT2D eigenvalue weighted by Gasteiger charge is -2.35. The SMILES string of the molecule is CN1C(=O)N(CCOc2ccc(S(=O)(=O)N(C)C)cc2)C(=O)C12CCCCC2. The van der Waals surface area contributed by atoms with Gasteiger partial charge in [-0.2, -0.15) is 0 Å². The third-order valence-electron chi connectivity index (χ3n) is 5.67. The second-order valence-electron chi connectivity index (χ2n) is 7.50. The van der Waals surface area contributed by atoms with Gasteiger partial charge in [0.15, 0.2) is 0 Å². The molecule has 3 rings (SSSR count). The van der Waals surface area contributed by atoms with Crippen LogP contribution < -0.4 is 4.74 Å². The Kier molecular flexibility index (Phi) is 5.67. The van der Waals surface area contributed by atoms with Crippen molar-refractivity contribution in [2.45, 2.75) is 42.5 Å². The van der Waals surface area contributed by atoms with Crippen LogP contribution in [0.4, 0.5) is 4.79 Å². The highest BCUT2D eigenvalue weighted by Crippen LogP contribution is 2.39. The highest BCUT2D eigenvalue weighted by molar-refractivity contribution is 7.89. The minimum Gasteiger partial charge on any atom is -0.492 e. The smallest absolute Gasteiger partial charge is 0.327 e. The van der Waals surface area contributed by atoms with E-state index < -0.39 is 15.6 Å². The Morgan fingerprint density at radius 1 is 1.07 bits per heavy atom. The number of hydrogen-bond donors (Lipinski definition) is 0. The van der Waals surface area contributed by atoms with Gasteiger partial charge in [0.1, 0.15) is 17.9 Å². The molecule has 1 aliphatic carbocycles. The first-order valence-corrected chi connectivity index (χ1v) is 10.9. The molecule has 1 heterocycles. The van der Waals surface area contributed by atoms with Crippen molar-refractivity contribution >= 4 is 22.0 Å². The molecule has 0 radical (unpaired) electrons. The zero-order chi connectivity index (χ0) is 20.5. The maximum atomic E-state index is 12.9. The Morgan fingerprint density at radius 3 is 2.25 bits per heavy atom. The van der Waals surface area contributed by atoms with Crippen molar-refractivity contribution in [1.82, 2.24) is 14.1 Å². The number of nitrogens with zero attached hydrogens (tertiary/aromatic N) is 3. The van der Waals surface area contributed by atoms with E-state index in [1.807, 2.05) is 0 Å². The molecule has 0 bridgehead atoms. The molecule has 1 saturated carbocycles. The predicted octanol–water partition coefficient (Wildman–Crippen LogP) is 1.91. The van der Waals surface area contributed by atoms with Crippen LogP contribution in [0.1, 0.15) is 32.1 Å². The minimum absolute atomic E-state index is 0.129. The van der Waals surface area contributed by atoms with E-state index in [0.717, 1.165) is 23.6 Å². The maximum Gasteiger partial charge on any atom is 0.327 e. The number of carbonyl (C=O) groups is 2. The fraction of sp³-hybridized carbons (Fsp3) is 0.579. The lowest BCUT2D eigenvalue weighted by Crippen LogP contribution is -2.49. The van der Waals surface area contributed by atoms with Crippen LogP contribution >= 0.6 is 0 Å². The summed E-state index contributed by atoms with van der Waals surface area (Å²) in [6.07, 6.45) is 4.44. The van der Waals surface area contributed by atoms with E-state index in [2.05, 4.69) is 0 Å². The predicted molar refractivity (Wildman–Crippen MR) is 103 cm³/mol. The van der Waals surface area contributed by atoms with Crippen LogP contribution in [0.15, 0.2) is 29.2 Å². The van der Waals surface area contributed by atoms with Crippen molar-refractivity contribution in [2.24, 2.45) is 0 Å². The number of hydrogen-bond acceptors (Lipinski definition) is 5. The van der Waals surface area contributed by atoms with Crippen molar-refractivity contribution in [3.8, 4) is 5.75 Å². The van der Waals surface area contributed by atoms with Crippen molar-refractivity contribution < 1.29 is 22.7 Å². The largest absolute Gasteiger partial charge is 0.492 e. The number of sulfonamides is 1. The van der Waals surface area contributed by atoms with Gasteiger partial charge >= 0.3 is 6.03 Å². The lowest BCUT2D eigenvalue weighted by atomic mass is 9.81. The minimum atomic E-state index is -3.49. The number of amides is 3. The van der Waals surface area contributed by atoms with Crippen molar-refractivity contribution in [3.63, 3.8) is 0 Å². The quantitative estimate of drug-likeness (QED) is 0.670. The number of urea groups is 1. The van der Waals surface area contributed by atoms with E-state index in [9.17, 15) is 18.0 Å². The van der Waals surface area contributed by atoms with Crippen LogP contribution in [0.25, 0.3) is 0 Å². The van der Waals surface area contributed by atoms with Gasteiger partial charge < -0.3 is 9.64 Å². The molecule has 1 spiro atoms. The summed E-state index contributed by atoms with van der Waals surface area (Å²) in [5.74, 6) is 0.355. The molecule has 0 atom stereocenters. The number of benzene rings is 1. The molecule has 1 aromatic carbocycles. The van der Waals surface area contributed by atoms with Gasteiger partial charge in [0, 0.05) is 21.1 Å². The van der Waals surface area contributed by atoms with Crippen molar-refractivity contribution in [2.75, 3.05) is 34.3 Å². The summed E-state index contributed by atoms with van der Waals surface area (Å²) in [7, 11) is 1.16. The zero-order valence-corrected chi connectivity index (χ0v) is 17.4. The molecule has 0 unspecified atom stereocenters. The molecule has 0 N–H and O–H groups in total. The normalized spacial score (nSPS) is 19.7. The van der Waals surface area contributed by atoms with Crippen molar-refractivity contribution in [3.05, 3.63) is 24.3 Å². The summed E-state index contributed by atoms with van der Waals surface area (Å²) in [4.78, 5) is 28.5. The van der Waals surface area contributed by atoms with Crippen LogP contribution in [-0.2, 0) is 14.8 Å². The summed E-state index contributed by atoms with van der Waals surface area (Å²) in [6, 6.07) is 5.81. The maximum absolute atomic E-state index is 12.9. The summed E-state index contributed by atoms with van der Waals surface area (Å²) in [5, 5.41) is 0. The van der Waals surface area contributed by atoms with Crippen LogP contribution in [0.2, 0.25) is 0 Å². The Labute approximate surface area is 166 Å². The Morgan fingerprint density at radius 2 is 1.68 bits per heavy atom. The first-order chi connectivity index (χ1) is 13.2. The van der Waals surface area contributed by atoms with Crippen LogP contribution in [0.3, 0.4) is 0 Å². The molecule has 9 heteroatoms. The summed E-state index contributed by atoms with van der Waals surface area (Å²) in [5.41, 5.74) is -0.683. The molecule has 0 aromatic heterocycles. The average molecular weight is 410 g/mol. The van der Waals surface area contributed by atoms with Gasteiger partial charge in [0.25, 0.3) is 5.91 Å². The van der Waals surface area contributed by atoms with Crippen LogP contribution in [0, 0.1) is 0 Å². The van der Waals surface area contributed by atoms with Crippen molar-refractivity contribution in [1.29, 1.82) is 0 Å². The summed E-state index contributed by atoms with van der Waals surface area (Å²) < 4.78 is 30.9. The van der Waals surface area contributed by atoms with E-state index in [1.54, 1.807) is 24.1 Å². The van der Waals surface area contributed by atoms with E-state index in [-0.39, 0.29) is 30.0 Å². The summed E-state index contributed by atoms with van der Waals surface area (Å²) in [6.45, 7) is 0.322.